The quantitative estimate of drug-likeness (QED) is 0.833. The second kappa shape index (κ2) is 7.55. The molecular weight excluding hydrogens is 222 g/mol. The Kier molecular flexibility index (Phi) is 5.69. The molecule has 0 aromatic heterocycles. The highest BCUT2D eigenvalue weighted by Gasteiger charge is 2.12. The molecule has 0 spiro atoms. The second-order valence-corrected chi connectivity index (χ2v) is 5.07. The minimum absolute atomic E-state index is 0.630. The van der Waals surface area contributed by atoms with E-state index in [0.29, 0.717) is 5.92 Å². The van der Waals surface area contributed by atoms with Gasteiger partial charge in [-0.25, -0.2) is 0 Å². The number of benzene rings is 1. The molecule has 1 aliphatic rings. The van der Waals surface area contributed by atoms with Gasteiger partial charge >= 0.3 is 0 Å². The Morgan fingerprint density at radius 1 is 1.22 bits per heavy atom. The van der Waals surface area contributed by atoms with Crippen molar-refractivity contribution < 1.29 is 4.74 Å². The summed E-state index contributed by atoms with van der Waals surface area (Å²) in [6, 6.07) is 8.83. The summed E-state index contributed by atoms with van der Waals surface area (Å²) in [6.45, 7) is 5.96. The van der Waals surface area contributed by atoms with E-state index in [2.05, 4.69) is 42.9 Å². The lowest BCUT2D eigenvalue weighted by atomic mass is 9.99. The lowest BCUT2D eigenvalue weighted by Gasteiger charge is -2.22. The molecule has 1 saturated heterocycles. The van der Waals surface area contributed by atoms with Crippen LogP contribution in [-0.4, -0.2) is 19.7 Å². The van der Waals surface area contributed by atoms with Crippen LogP contribution >= 0.6 is 0 Å². The highest BCUT2D eigenvalue weighted by Crippen LogP contribution is 2.13. The van der Waals surface area contributed by atoms with E-state index in [-0.39, 0.29) is 0 Å². The maximum Gasteiger partial charge on any atom is 0.0717 e. The molecule has 2 nitrogen and oxygen atoms in total. The van der Waals surface area contributed by atoms with Gasteiger partial charge in [-0.15, -0.1) is 0 Å². The van der Waals surface area contributed by atoms with Crippen LogP contribution in [0.4, 0.5) is 0 Å². The van der Waals surface area contributed by atoms with Gasteiger partial charge in [0.1, 0.15) is 0 Å². The molecule has 1 heterocycles. The predicted molar refractivity (Wildman–Crippen MR) is 75.4 cm³/mol. The van der Waals surface area contributed by atoms with E-state index in [1.165, 1.54) is 30.4 Å². The van der Waals surface area contributed by atoms with Crippen LogP contribution in [0.5, 0.6) is 0 Å². The zero-order chi connectivity index (χ0) is 12.6. The van der Waals surface area contributed by atoms with Crippen LogP contribution in [0.15, 0.2) is 24.3 Å². The average Bonchev–Trinajstić information content (AvgIpc) is 2.42. The van der Waals surface area contributed by atoms with E-state index in [1.807, 2.05) is 0 Å². The van der Waals surface area contributed by atoms with Gasteiger partial charge in [0, 0.05) is 0 Å². The Balaban J connectivity index is 1.69. The molecule has 1 N–H and O–H groups in total. The summed E-state index contributed by atoms with van der Waals surface area (Å²) < 4.78 is 5.80. The number of aryl methyl sites for hydroxylation is 1. The molecule has 1 atom stereocenters. The van der Waals surface area contributed by atoms with Gasteiger partial charge in [0.25, 0.3) is 0 Å². The molecule has 1 radical (unpaired) electrons. The first-order valence-corrected chi connectivity index (χ1v) is 7.08. The van der Waals surface area contributed by atoms with Crippen LogP contribution in [-0.2, 0) is 17.8 Å². The second-order valence-electron chi connectivity index (χ2n) is 5.07. The van der Waals surface area contributed by atoms with Gasteiger partial charge in [-0.3, -0.25) is 0 Å². The summed E-state index contributed by atoms with van der Waals surface area (Å²) in [7, 11) is 0. The Morgan fingerprint density at radius 3 is 2.67 bits per heavy atom. The minimum Gasteiger partial charge on any atom is -0.376 e. The number of ether oxygens (including phenoxy) is 1. The molecule has 0 bridgehead atoms. The molecule has 1 fully saturated rings. The number of hydrogen-bond donors (Lipinski definition) is 1. The van der Waals surface area contributed by atoms with E-state index in [1.54, 1.807) is 0 Å². The summed E-state index contributed by atoms with van der Waals surface area (Å²) in [5.41, 5.74) is 2.71. The molecule has 1 unspecified atom stereocenters. The minimum atomic E-state index is 0.630. The number of nitrogens with one attached hydrogen (secondary N) is 1. The zero-order valence-corrected chi connectivity index (χ0v) is 11.3. The largest absolute Gasteiger partial charge is 0.376 e. The van der Waals surface area contributed by atoms with Crippen LogP contribution in [0.2, 0.25) is 0 Å². The maximum atomic E-state index is 5.80. The van der Waals surface area contributed by atoms with E-state index in [9.17, 15) is 0 Å². The average molecular weight is 246 g/mol. The fraction of sp³-hybridized carbons (Fsp3) is 0.562. The number of piperidine rings is 1. The van der Waals surface area contributed by atoms with Crippen LogP contribution in [0.1, 0.15) is 30.9 Å². The van der Waals surface area contributed by atoms with E-state index < -0.39 is 0 Å². The van der Waals surface area contributed by atoms with Crippen molar-refractivity contribution in [1.29, 1.82) is 0 Å². The number of rotatable bonds is 6. The third-order valence-corrected chi connectivity index (χ3v) is 3.45. The Hall–Kier alpha value is -0.860. The predicted octanol–water partition coefficient (Wildman–Crippen LogP) is 2.97. The number of hydrogen-bond acceptors (Lipinski definition) is 2. The van der Waals surface area contributed by atoms with Crippen molar-refractivity contribution in [2.75, 3.05) is 19.7 Å². The maximum absolute atomic E-state index is 5.80. The Bertz CT molecular complexity index is 327. The zero-order valence-electron chi connectivity index (χ0n) is 11.3. The lowest BCUT2D eigenvalue weighted by molar-refractivity contribution is 0.0895. The molecule has 0 saturated carbocycles. The van der Waals surface area contributed by atoms with Crippen molar-refractivity contribution in [3.8, 4) is 0 Å². The molecule has 2 heteroatoms. The normalized spacial score (nSPS) is 16.9. The van der Waals surface area contributed by atoms with Crippen molar-refractivity contribution in [2.24, 2.45) is 5.92 Å². The fourth-order valence-corrected chi connectivity index (χ4v) is 2.33. The molecule has 1 aliphatic heterocycles. The van der Waals surface area contributed by atoms with E-state index in [0.717, 1.165) is 26.3 Å². The first kappa shape index (κ1) is 13.6. The van der Waals surface area contributed by atoms with Crippen LogP contribution in [0.3, 0.4) is 0 Å². The Labute approximate surface area is 111 Å². The van der Waals surface area contributed by atoms with Gasteiger partial charge in [-0.2, -0.15) is 0 Å². The van der Waals surface area contributed by atoms with Gasteiger partial charge in [0.2, 0.25) is 0 Å². The van der Waals surface area contributed by atoms with Crippen molar-refractivity contribution in [3.05, 3.63) is 41.8 Å². The first-order valence-electron chi connectivity index (χ1n) is 7.08. The summed E-state index contributed by atoms with van der Waals surface area (Å²) >= 11 is 0. The molecule has 0 amide bonds. The molecule has 1 aromatic carbocycles. The molecule has 18 heavy (non-hydrogen) atoms. The van der Waals surface area contributed by atoms with Crippen LogP contribution in [0.25, 0.3) is 0 Å². The van der Waals surface area contributed by atoms with Crippen molar-refractivity contribution >= 4 is 0 Å². The fourth-order valence-electron chi connectivity index (χ4n) is 2.33. The molecule has 1 aromatic rings. The topological polar surface area (TPSA) is 21.3 Å². The van der Waals surface area contributed by atoms with E-state index in [4.69, 9.17) is 4.74 Å². The lowest BCUT2D eigenvalue weighted by Crippen LogP contribution is -2.30. The third-order valence-electron chi connectivity index (χ3n) is 3.45. The van der Waals surface area contributed by atoms with Crippen molar-refractivity contribution in [3.63, 3.8) is 0 Å². The van der Waals surface area contributed by atoms with Crippen molar-refractivity contribution in [2.45, 2.75) is 32.8 Å². The van der Waals surface area contributed by atoms with Gasteiger partial charge in [-0.05, 0) is 49.4 Å². The monoisotopic (exact) mass is 246 g/mol. The van der Waals surface area contributed by atoms with Gasteiger partial charge in [0.05, 0.1) is 13.2 Å². The van der Waals surface area contributed by atoms with E-state index >= 15 is 0 Å². The molecular formula is C16H24NO. The highest BCUT2D eigenvalue weighted by atomic mass is 16.5. The standard InChI is InChI=1S/C16H24NO/c1-2-3-14-4-6-15(7-5-14)12-18-13-16-8-10-17-11-9-16/h4-8,16-17H,2-3,9-13H2,1H3. The first-order chi connectivity index (χ1) is 8.88. The summed E-state index contributed by atoms with van der Waals surface area (Å²) in [4.78, 5) is 0. The summed E-state index contributed by atoms with van der Waals surface area (Å²) in [5.74, 6) is 0.630. The molecule has 2 rings (SSSR count). The molecule has 99 valence electrons. The third kappa shape index (κ3) is 4.43. The summed E-state index contributed by atoms with van der Waals surface area (Å²) in [6.07, 6.45) is 5.91. The SMILES string of the molecule is CCCc1ccc(COCC2[CH]CNCC2)cc1. The highest BCUT2D eigenvalue weighted by molar-refractivity contribution is 5.22. The molecule has 0 aliphatic carbocycles. The smallest absolute Gasteiger partial charge is 0.0717 e. The van der Waals surface area contributed by atoms with Gasteiger partial charge in [0.15, 0.2) is 0 Å². The summed E-state index contributed by atoms with van der Waals surface area (Å²) in [5, 5.41) is 3.33. The van der Waals surface area contributed by atoms with Crippen molar-refractivity contribution in [1.82, 2.24) is 5.32 Å². The van der Waals surface area contributed by atoms with Crippen LogP contribution < -0.4 is 5.32 Å². The Morgan fingerprint density at radius 2 is 2.00 bits per heavy atom. The van der Waals surface area contributed by atoms with Gasteiger partial charge < -0.3 is 10.1 Å². The van der Waals surface area contributed by atoms with Crippen LogP contribution in [0, 0.1) is 12.3 Å². The van der Waals surface area contributed by atoms with Gasteiger partial charge in [-0.1, -0.05) is 37.6 Å².